The Hall–Kier alpha value is -0.570. The maximum absolute atomic E-state index is 10.4. The summed E-state index contributed by atoms with van der Waals surface area (Å²) >= 11 is 0. The predicted molar refractivity (Wildman–Crippen MR) is 116 cm³/mol. The molecule has 0 saturated heterocycles. The van der Waals surface area contributed by atoms with Gasteiger partial charge >= 0.3 is 5.97 Å². The molecule has 2 N–H and O–H groups in total. The lowest BCUT2D eigenvalue weighted by Crippen LogP contribution is -2.09. The minimum Gasteiger partial charge on any atom is -0.481 e. The minimum absolute atomic E-state index is 0.0835. The predicted octanol–water partition coefficient (Wildman–Crippen LogP) is 7.64. The van der Waals surface area contributed by atoms with Gasteiger partial charge in [-0.25, -0.2) is 0 Å². The summed E-state index contributed by atoms with van der Waals surface area (Å²) < 4.78 is 0. The molecule has 1 unspecified atom stereocenters. The molecule has 0 radical (unpaired) electrons. The van der Waals surface area contributed by atoms with E-state index in [0.29, 0.717) is 6.42 Å². The summed E-state index contributed by atoms with van der Waals surface area (Å²) in [5.74, 6) is -0.813. The van der Waals surface area contributed by atoms with Crippen molar-refractivity contribution in [2.45, 2.75) is 148 Å². The average Bonchev–Trinajstić information content (AvgIpc) is 2.65. The largest absolute Gasteiger partial charge is 0.481 e. The van der Waals surface area contributed by atoms with E-state index >= 15 is 0 Å². The van der Waals surface area contributed by atoms with Crippen molar-refractivity contribution in [2.24, 2.45) is 0 Å². The molecular formula is C24H48O3. The number of carboxylic acid groups (broad SMARTS) is 1. The molecule has 0 fully saturated rings. The fourth-order valence-electron chi connectivity index (χ4n) is 3.72. The number of rotatable bonds is 22. The van der Waals surface area contributed by atoms with Crippen LogP contribution in [-0.2, 0) is 4.79 Å². The van der Waals surface area contributed by atoms with E-state index in [1.54, 1.807) is 0 Å². The number of aliphatic hydroxyl groups excluding tert-OH is 1. The highest BCUT2D eigenvalue weighted by Gasteiger charge is 2.06. The van der Waals surface area contributed by atoms with E-state index in [4.69, 9.17) is 5.11 Å². The monoisotopic (exact) mass is 384 g/mol. The summed E-state index contributed by atoms with van der Waals surface area (Å²) in [6, 6.07) is 0. The second-order valence-corrected chi connectivity index (χ2v) is 8.39. The van der Waals surface area contributed by atoms with Crippen LogP contribution in [0.3, 0.4) is 0 Å². The molecule has 0 aliphatic carbocycles. The minimum atomic E-state index is -0.813. The van der Waals surface area contributed by atoms with Gasteiger partial charge < -0.3 is 10.2 Å². The first-order chi connectivity index (χ1) is 13.2. The van der Waals surface area contributed by atoms with Crippen molar-refractivity contribution in [3.8, 4) is 0 Å². The topological polar surface area (TPSA) is 57.5 Å². The Balaban J connectivity index is 3.08. The fraction of sp³-hybridized carbons (Fsp3) is 0.958. The lowest BCUT2D eigenvalue weighted by molar-refractivity contribution is -0.137. The molecule has 0 heterocycles. The Kier molecular flexibility index (Phi) is 21.3. The molecular weight excluding hydrogens is 336 g/mol. The number of aliphatic hydroxyl groups is 1. The van der Waals surface area contributed by atoms with Crippen molar-refractivity contribution in [1.82, 2.24) is 0 Å². The SMILES string of the molecule is CCCCCCCCCCCCCCCCCCCCC(O)CCC(=O)O. The van der Waals surface area contributed by atoms with Gasteiger partial charge in [0.05, 0.1) is 6.10 Å². The number of aliphatic carboxylic acids is 1. The Morgan fingerprint density at radius 2 is 0.926 bits per heavy atom. The van der Waals surface area contributed by atoms with Crippen molar-refractivity contribution >= 4 is 5.97 Å². The van der Waals surface area contributed by atoms with Gasteiger partial charge in [-0.2, -0.15) is 0 Å². The first-order valence-corrected chi connectivity index (χ1v) is 12.1. The van der Waals surface area contributed by atoms with Gasteiger partial charge in [-0.1, -0.05) is 122 Å². The van der Waals surface area contributed by atoms with Crippen molar-refractivity contribution in [2.75, 3.05) is 0 Å². The Labute approximate surface area is 169 Å². The highest BCUT2D eigenvalue weighted by Crippen LogP contribution is 2.15. The second kappa shape index (κ2) is 21.7. The van der Waals surface area contributed by atoms with E-state index in [2.05, 4.69) is 6.92 Å². The van der Waals surface area contributed by atoms with Crippen LogP contribution < -0.4 is 0 Å². The van der Waals surface area contributed by atoms with E-state index in [1.165, 1.54) is 109 Å². The van der Waals surface area contributed by atoms with Crippen molar-refractivity contribution < 1.29 is 15.0 Å². The summed E-state index contributed by atoms with van der Waals surface area (Å²) in [6.07, 6.45) is 25.4. The van der Waals surface area contributed by atoms with E-state index < -0.39 is 12.1 Å². The molecule has 162 valence electrons. The van der Waals surface area contributed by atoms with Gasteiger partial charge in [0.2, 0.25) is 0 Å². The summed E-state index contributed by atoms with van der Waals surface area (Å²) in [5.41, 5.74) is 0. The molecule has 27 heavy (non-hydrogen) atoms. The van der Waals surface area contributed by atoms with E-state index in [-0.39, 0.29) is 6.42 Å². The van der Waals surface area contributed by atoms with Crippen LogP contribution in [0.2, 0.25) is 0 Å². The zero-order valence-electron chi connectivity index (χ0n) is 18.2. The van der Waals surface area contributed by atoms with Crippen LogP contribution in [0.15, 0.2) is 0 Å². The molecule has 0 aliphatic rings. The lowest BCUT2D eigenvalue weighted by atomic mass is 10.0. The second-order valence-electron chi connectivity index (χ2n) is 8.39. The number of hydrogen-bond acceptors (Lipinski definition) is 2. The number of unbranched alkanes of at least 4 members (excludes halogenated alkanes) is 17. The quantitative estimate of drug-likeness (QED) is 0.188. The third kappa shape index (κ3) is 23.4. The molecule has 0 aromatic heterocycles. The van der Waals surface area contributed by atoms with E-state index in [1.807, 2.05) is 0 Å². The molecule has 0 aromatic carbocycles. The normalized spacial score (nSPS) is 12.4. The van der Waals surface area contributed by atoms with E-state index in [9.17, 15) is 9.90 Å². The van der Waals surface area contributed by atoms with Crippen LogP contribution >= 0.6 is 0 Å². The van der Waals surface area contributed by atoms with Gasteiger partial charge in [-0.05, 0) is 12.8 Å². The van der Waals surface area contributed by atoms with Crippen LogP contribution in [0.5, 0.6) is 0 Å². The number of hydrogen-bond donors (Lipinski definition) is 2. The van der Waals surface area contributed by atoms with Gasteiger partial charge in [0.1, 0.15) is 0 Å². The van der Waals surface area contributed by atoms with Gasteiger partial charge in [0.25, 0.3) is 0 Å². The highest BCUT2D eigenvalue weighted by molar-refractivity contribution is 5.66. The first-order valence-electron chi connectivity index (χ1n) is 12.1. The molecule has 0 amide bonds. The van der Waals surface area contributed by atoms with Crippen LogP contribution in [0.25, 0.3) is 0 Å². The third-order valence-corrected chi connectivity index (χ3v) is 5.58. The van der Waals surface area contributed by atoms with Crippen LogP contribution in [-0.4, -0.2) is 22.3 Å². The van der Waals surface area contributed by atoms with Gasteiger partial charge in [-0.3, -0.25) is 4.79 Å². The molecule has 0 rings (SSSR count). The van der Waals surface area contributed by atoms with Gasteiger partial charge in [0, 0.05) is 6.42 Å². The van der Waals surface area contributed by atoms with Crippen molar-refractivity contribution in [3.05, 3.63) is 0 Å². The highest BCUT2D eigenvalue weighted by atomic mass is 16.4. The molecule has 0 saturated carbocycles. The summed E-state index contributed by atoms with van der Waals surface area (Å²) in [6.45, 7) is 2.28. The fourth-order valence-corrected chi connectivity index (χ4v) is 3.72. The standard InChI is InChI=1S/C24H48O3/c1-2-3-4-5-6-7-8-9-10-11-12-13-14-15-16-17-18-19-20-23(25)21-22-24(26)27/h23,25H,2-22H2,1H3,(H,26,27). The maximum Gasteiger partial charge on any atom is 0.303 e. The molecule has 3 heteroatoms. The first kappa shape index (κ1) is 26.4. The van der Waals surface area contributed by atoms with Gasteiger partial charge in [-0.15, -0.1) is 0 Å². The summed E-state index contributed by atoms with van der Waals surface area (Å²) in [4.78, 5) is 10.4. The number of carboxylic acids is 1. The van der Waals surface area contributed by atoms with Crippen molar-refractivity contribution in [1.29, 1.82) is 0 Å². The number of carbonyl (C=O) groups is 1. The van der Waals surface area contributed by atoms with Crippen molar-refractivity contribution in [3.63, 3.8) is 0 Å². The zero-order valence-corrected chi connectivity index (χ0v) is 18.2. The molecule has 0 spiro atoms. The molecule has 0 aromatic rings. The third-order valence-electron chi connectivity index (χ3n) is 5.58. The Morgan fingerprint density at radius 3 is 1.26 bits per heavy atom. The zero-order chi connectivity index (χ0) is 20.0. The average molecular weight is 385 g/mol. The van der Waals surface area contributed by atoms with Crippen LogP contribution in [0.4, 0.5) is 0 Å². The van der Waals surface area contributed by atoms with Gasteiger partial charge in [0.15, 0.2) is 0 Å². The molecule has 1 atom stereocenters. The lowest BCUT2D eigenvalue weighted by Gasteiger charge is -2.08. The maximum atomic E-state index is 10.4. The molecule has 3 nitrogen and oxygen atoms in total. The van der Waals surface area contributed by atoms with E-state index in [0.717, 1.165) is 12.8 Å². The Morgan fingerprint density at radius 1 is 0.593 bits per heavy atom. The summed E-state index contributed by atoms with van der Waals surface area (Å²) in [5, 5.41) is 18.2. The van der Waals surface area contributed by atoms with Crippen LogP contribution in [0.1, 0.15) is 142 Å². The summed E-state index contributed by atoms with van der Waals surface area (Å²) in [7, 11) is 0. The van der Waals surface area contributed by atoms with Crippen LogP contribution in [0, 0.1) is 0 Å². The Bertz CT molecular complexity index is 304. The molecule has 0 bridgehead atoms. The smallest absolute Gasteiger partial charge is 0.303 e. The molecule has 0 aliphatic heterocycles.